The Morgan fingerprint density at radius 1 is 0.500 bits per heavy atom. The highest BCUT2D eigenvalue weighted by Crippen LogP contribution is 2.39. The molecule has 7 heteroatoms. The van der Waals surface area contributed by atoms with Crippen molar-refractivity contribution < 1.29 is 9.53 Å². The minimum atomic E-state index is -0.232. The van der Waals surface area contributed by atoms with Crippen LogP contribution >= 0.6 is 0 Å². The third kappa shape index (κ3) is 7.92. The fraction of sp³-hybridized carbons (Fsp3) is 0.0909. The van der Waals surface area contributed by atoms with Gasteiger partial charge >= 0.3 is 5.97 Å². The molecule has 0 radical (unpaired) electrons. The number of aromatic amines is 2. The van der Waals surface area contributed by atoms with Gasteiger partial charge < -0.3 is 14.7 Å². The second-order valence-corrected chi connectivity index (χ2v) is 15.4. The number of ether oxygens (including phenoxy) is 1. The minimum absolute atomic E-state index is 0.217. The van der Waals surface area contributed by atoms with Crippen LogP contribution in [0.2, 0.25) is 0 Å². The first-order valence-corrected chi connectivity index (χ1v) is 21.1. The standard InChI is InChI=1S/C55H43N5O2/c61-50(62-34-14-16-37-15-13-33-56-36-37)32-25-42-35-49-53(40-21-9-3-10-22-40)47-29-28-45(58-47)51(38-17-5-1-6-18-38)43-26-27-44(57-43)52(39-19-7-2-8-20-39)46-30-31-48(59-46)54(55(42)60-49)41-23-11-4-12-24-41/h1-13,15,17-24,26-31,33,35-36,57,60H,14,16,25,32,34H2. The molecule has 300 valence electrons. The molecule has 2 aliphatic rings. The number of fused-ring (bicyclic) bond motifs is 8. The van der Waals surface area contributed by atoms with E-state index in [1.165, 1.54) is 0 Å². The largest absolute Gasteiger partial charge is 0.466 e. The average molecular weight is 806 g/mol. The van der Waals surface area contributed by atoms with Gasteiger partial charge in [-0.15, -0.1) is 0 Å². The molecular weight excluding hydrogens is 763 g/mol. The molecule has 4 aromatic carbocycles. The molecular formula is C55H43N5O2. The summed E-state index contributed by atoms with van der Waals surface area (Å²) in [6, 6.07) is 52.1. The van der Waals surface area contributed by atoms with Gasteiger partial charge in [0.05, 0.1) is 34.9 Å². The summed E-state index contributed by atoms with van der Waals surface area (Å²) < 4.78 is 5.80. The zero-order chi connectivity index (χ0) is 41.7. The number of benzene rings is 4. The van der Waals surface area contributed by atoms with Gasteiger partial charge in [-0.1, -0.05) is 127 Å². The van der Waals surface area contributed by atoms with Gasteiger partial charge in [-0.2, -0.15) is 0 Å². The van der Waals surface area contributed by atoms with Crippen molar-refractivity contribution >= 4 is 52.3 Å². The van der Waals surface area contributed by atoms with Crippen LogP contribution in [0.3, 0.4) is 0 Å². The summed E-state index contributed by atoms with van der Waals surface area (Å²) in [5, 5.41) is 0. The maximum atomic E-state index is 13.4. The van der Waals surface area contributed by atoms with Gasteiger partial charge in [0.2, 0.25) is 0 Å². The zero-order valence-electron chi connectivity index (χ0n) is 34.1. The van der Waals surface area contributed by atoms with E-state index in [2.05, 4.69) is 155 Å². The predicted octanol–water partition coefficient (Wildman–Crippen LogP) is 12.8. The van der Waals surface area contributed by atoms with Gasteiger partial charge in [-0.05, 0) is 101 Å². The highest BCUT2D eigenvalue weighted by atomic mass is 16.5. The summed E-state index contributed by atoms with van der Waals surface area (Å²) in [5.74, 6) is -0.232. The molecule has 62 heavy (non-hydrogen) atoms. The summed E-state index contributed by atoms with van der Waals surface area (Å²) in [7, 11) is 0. The number of hydrogen-bond donors (Lipinski definition) is 2. The molecule has 0 spiro atoms. The van der Waals surface area contributed by atoms with Crippen molar-refractivity contribution in [3.8, 4) is 44.5 Å². The topological polar surface area (TPSA) is 96.6 Å². The lowest BCUT2D eigenvalue weighted by Gasteiger charge is -2.08. The second-order valence-electron chi connectivity index (χ2n) is 15.4. The van der Waals surface area contributed by atoms with Crippen molar-refractivity contribution in [1.29, 1.82) is 0 Å². The number of rotatable bonds is 11. The number of esters is 1. The van der Waals surface area contributed by atoms with E-state index in [-0.39, 0.29) is 12.4 Å². The molecule has 0 fully saturated rings. The Labute approximate surface area is 360 Å². The number of carbonyl (C=O) groups is 1. The van der Waals surface area contributed by atoms with Crippen molar-refractivity contribution in [2.75, 3.05) is 6.61 Å². The Hall–Kier alpha value is -7.90. The van der Waals surface area contributed by atoms with Crippen molar-refractivity contribution in [2.45, 2.75) is 25.7 Å². The van der Waals surface area contributed by atoms with Gasteiger partial charge in [0, 0.05) is 57.6 Å². The van der Waals surface area contributed by atoms with E-state index in [0.717, 1.165) is 113 Å². The molecule has 0 saturated heterocycles. The first-order valence-electron chi connectivity index (χ1n) is 21.1. The van der Waals surface area contributed by atoms with E-state index in [1.807, 2.05) is 42.6 Å². The number of H-pyrrole nitrogens is 2. The normalized spacial score (nSPS) is 11.8. The molecule has 2 N–H and O–H groups in total. The lowest BCUT2D eigenvalue weighted by atomic mass is 10.00. The zero-order valence-corrected chi connectivity index (χ0v) is 34.1. The first kappa shape index (κ1) is 38.3. The molecule has 4 aromatic heterocycles. The second kappa shape index (κ2) is 17.4. The molecule has 0 aliphatic carbocycles. The van der Waals surface area contributed by atoms with E-state index in [0.29, 0.717) is 13.0 Å². The van der Waals surface area contributed by atoms with Crippen LogP contribution in [0.5, 0.6) is 0 Å². The summed E-state index contributed by atoms with van der Waals surface area (Å²) in [5.41, 5.74) is 17.2. The van der Waals surface area contributed by atoms with Crippen LogP contribution in [0.15, 0.2) is 164 Å². The third-order valence-corrected chi connectivity index (χ3v) is 11.4. The smallest absolute Gasteiger partial charge is 0.306 e. The SMILES string of the molecule is O=C(CCc1cc2[nH]c1c(-c1ccccc1)c1nc(c(-c3ccccc3)c3ccc([nH]3)c(-c3ccccc3)c3nc(c2-c2ccccc2)C=C3)C=C1)OCCCc1cccnc1. The fourth-order valence-electron chi connectivity index (χ4n) is 8.50. The number of aromatic nitrogens is 5. The monoisotopic (exact) mass is 805 g/mol. The number of hydrogen-bond acceptors (Lipinski definition) is 5. The van der Waals surface area contributed by atoms with E-state index >= 15 is 0 Å². The molecule has 0 unspecified atom stereocenters. The Kier molecular flexibility index (Phi) is 10.7. The van der Waals surface area contributed by atoms with Gasteiger partial charge in [0.15, 0.2) is 0 Å². The highest BCUT2D eigenvalue weighted by Gasteiger charge is 2.21. The van der Waals surface area contributed by atoms with Crippen molar-refractivity contribution in [3.05, 3.63) is 198 Å². The lowest BCUT2D eigenvalue weighted by molar-refractivity contribution is -0.143. The summed E-state index contributed by atoms with van der Waals surface area (Å²) >= 11 is 0. The van der Waals surface area contributed by atoms with Gasteiger partial charge in [0.1, 0.15) is 0 Å². The van der Waals surface area contributed by atoms with Crippen molar-refractivity contribution in [1.82, 2.24) is 24.9 Å². The Morgan fingerprint density at radius 3 is 1.48 bits per heavy atom. The molecule has 8 bridgehead atoms. The number of carbonyl (C=O) groups excluding carboxylic acids is 1. The van der Waals surface area contributed by atoms with Crippen LogP contribution in [0.4, 0.5) is 0 Å². The Balaban J connectivity index is 1.23. The quantitative estimate of drug-likeness (QED) is 0.100. The van der Waals surface area contributed by atoms with Crippen LogP contribution in [0.25, 0.3) is 90.9 Å². The van der Waals surface area contributed by atoms with Gasteiger partial charge in [0.25, 0.3) is 0 Å². The van der Waals surface area contributed by atoms with Crippen molar-refractivity contribution in [2.24, 2.45) is 0 Å². The van der Waals surface area contributed by atoms with E-state index in [9.17, 15) is 4.79 Å². The summed E-state index contributed by atoms with van der Waals surface area (Å²) in [4.78, 5) is 36.3. The van der Waals surface area contributed by atoms with E-state index in [4.69, 9.17) is 14.7 Å². The Morgan fingerprint density at radius 2 is 0.984 bits per heavy atom. The summed E-state index contributed by atoms with van der Waals surface area (Å²) in [6.45, 7) is 0.349. The lowest BCUT2D eigenvalue weighted by Crippen LogP contribution is -2.07. The number of pyridine rings is 1. The number of nitrogens with one attached hydrogen (secondary N) is 2. The number of aryl methyl sites for hydroxylation is 2. The van der Waals surface area contributed by atoms with Crippen LogP contribution in [0, 0.1) is 0 Å². The molecule has 7 nitrogen and oxygen atoms in total. The molecule has 0 saturated carbocycles. The minimum Gasteiger partial charge on any atom is -0.466 e. The fourth-order valence-corrected chi connectivity index (χ4v) is 8.50. The highest BCUT2D eigenvalue weighted by molar-refractivity contribution is 6.00. The van der Waals surface area contributed by atoms with E-state index in [1.54, 1.807) is 6.20 Å². The first-order chi connectivity index (χ1) is 30.7. The molecule has 0 amide bonds. The van der Waals surface area contributed by atoms with Crippen LogP contribution in [0.1, 0.15) is 46.7 Å². The summed E-state index contributed by atoms with van der Waals surface area (Å²) in [6.07, 6.45) is 14.3. The van der Waals surface area contributed by atoms with Crippen molar-refractivity contribution in [3.63, 3.8) is 0 Å². The van der Waals surface area contributed by atoms with Crippen LogP contribution in [-0.4, -0.2) is 37.5 Å². The molecule has 8 aromatic rings. The maximum Gasteiger partial charge on any atom is 0.306 e. The van der Waals surface area contributed by atoms with Crippen LogP contribution < -0.4 is 0 Å². The van der Waals surface area contributed by atoms with Gasteiger partial charge in [-0.3, -0.25) is 9.78 Å². The molecule has 10 rings (SSSR count). The Bertz CT molecular complexity index is 3120. The maximum absolute atomic E-state index is 13.4. The van der Waals surface area contributed by atoms with E-state index < -0.39 is 0 Å². The molecule has 6 heterocycles. The average Bonchev–Trinajstić information content (AvgIpc) is 4.17. The van der Waals surface area contributed by atoms with Gasteiger partial charge in [-0.25, -0.2) is 9.97 Å². The van der Waals surface area contributed by atoms with Crippen LogP contribution in [-0.2, 0) is 22.4 Å². The molecule has 2 aliphatic heterocycles. The predicted molar refractivity (Wildman–Crippen MR) is 252 cm³/mol. The molecule has 0 atom stereocenters. The number of nitrogens with zero attached hydrogens (tertiary/aromatic N) is 3. The third-order valence-electron chi connectivity index (χ3n) is 11.4.